The highest BCUT2D eigenvalue weighted by Crippen LogP contribution is 2.48. The third kappa shape index (κ3) is 5.00. The molecule has 52 heavy (non-hydrogen) atoms. The summed E-state index contributed by atoms with van der Waals surface area (Å²) in [6.45, 7) is 0. The molecule has 0 unspecified atom stereocenters. The molecule has 242 valence electrons. The molecule has 0 aliphatic rings. The Morgan fingerprint density at radius 3 is 1.27 bits per heavy atom. The van der Waals surface area contributed by atoms with Gasteiger partial charge in [0.05, 0.1) is 0 Å². The first kappa shape index (κ1) is 30.1. The standard InChI is InChI=1S/C52H34/c1-2-14-35(15-3-1)36-28-30-37(31-29-36)40-32-33-49-50(34-40)52(46-23-9-8-22-44(46)43-26-12-18-38-16-4-6-20-41(38)43)48-25-11-10-24-47(48)51(49)45-27-13-19-39-17-5-7-21-42(39)45/h1-34H. The molecular formula is C52H34. The number of hydrogen-bond acceptors (Lipinski definition) is 0. The normalized spacial score (nSPS) is 11.5. The molecule has 10 aromatic carbocycles. The van der Waals surface area contributed by atoms with Gasteiger partial charge in [-0.3, -0.25) is 0 Å². The minimum atomic E-state index is 1.20. The van der Waals surface area contributed by atoms with E-state index in [4.69, 9.17) is 0 Å². The van der Waals surface area contributed by atoms with Crippen LogP contribution in [0.25, 0.3) is 98.7 Å². The van der Waals surface area contributed by atoms with Crippen molar-refractivity contribution in [1.29, 1.82) is 0 Å². The monoisotopic (exact) mass is 658 g/mol. The quantitative estimate of drug-likeness (QED) is 0.161. The van der Waals surface area contributed by atoms with E-state index in [1.165, 1.54) is 98.7 Å². The molecule has 0 radical (unpaired) electrons. The van der Waals surface area contributed by atoms with E-state index in [1.54, 1.807) is 0 Å². The highest BCUT2D eigenvalue weighted by Gasteiger charge is 2.21. The molecule has 0 nitrogen and oxygen atoms in total. The topological polar surface area (TPSA) is 0 Å². The maximum absolute atomic E-state index is 2.43. The van der Waals surface area contributed by atoms with Crippen LogP contribution in [0.5, 0.6) is 0 Å². The maximum Gasteiger partial charge on any atom is -0.00199 e. The fourth-order valence-corrected chi connectivity index (χ4v) is 8.26. The molecule has 0 fully saturated rings. The van der Waals surface area contributed by atoms with Crippen LogP contribution in [0.2, 0.25) is 0 Å². The van der Waals surface area contributed by atoms with E-state index in [-0.39, 0.29) is 0 Å². The summed E-state index contributed by atoms with van der Waals surface area (Å²) in [6.07, 6.45) is 0. The fraction of sp³-hybridized carbons (Fsp3) is 0. The second-order valence-corrected chi connectivity index (χ2v) is 13.6. The summed E-state index contributed by atoms with van der Waals surface area (Å²) in [5.41, 5.74) is 12.4. The first-order chi connectivity index (χ1) is 25.8. The average molecular weight is 659 g/mol. The molecule has 0 heterocycles. The molecule has 0 saturated carbocycles. The molecule has 10 rings (SSSR count). The van der Waals surface area contributed by atoms with Crippen LogP contribution in [0.3, 0.4) is 0 Å². The van der Waals surface area contributed by atoms with E-state index in [9.17, 15) is 0 Å². The van der Waals surface area contributed by atoms with Crippen molar-refractivity contribution in [2.24, 2.45) is 0 Å². The molecule has 0 atom stereocenters. The minimum absolute atomic E-state index is 1.20. The Morgan fingerprint density at radius 2 is 0.596 bits per heavy atom. The summed E-state index contributed by atoms with van der Waals surface area (Å²) in [5.74, 6) is 0. The van der Waals surface area contributed by atoms with Crippen molar-refractivity contribution in [3.05, 3.63) is 206 Å². The van der Waals surface area contributed by atoms with Crippen molar-refractivity contribution in [2.45, 2.75) is 0 Å². The smallest absolute Gasteiger partial charge is 0.00199 e. The van der Waals surface area contributed by atoms with Crippen LogP contribution < -0.4 is 0 Å². The van der Waals surface area contributed by atoms with Gasteiger partial charge >= 0.3 is 0 Å². The zero-order chi connectivity index (χ0) is 34.4. The Hall–Kier alpha value is -6.76. The summed E-state index contributed by atoms with van der Waals surface area (Å²) in [4.78, 5) is 0. The Kier molecular flexibility index (Phi) is 7.25. The van der Waals surface area contributed by atoms with E-state index in [2.05, 4.69) is 206 Å². The Bertz CT molecular complexity index is 2920. The lowest BCUT2D eigenvalue weighted by atomic mass is 9.82. The van der Waals surface area contributed by atoms with Crippen LogP contribution in [-0.4, -0.2) is 0 Å². The molecule has 0 heteroatoms. The van der Waals surface area contributed by atoms with Crippen LogP contribution in [0.1, 0.15) is 0 Å². The molecule has 0 amide bonds. The van der Waals surface area contributed by atoms with Gasteiger partial charge in [-0.05, 0) is 105 Å². The van der Waals surface area contributed by atoms with Crippen molar-refractivity contribution >= 4 is 43.1 Å². The lowest BCUT2D eigenvalue weighted by Crippen LogP contribution is -1.94. The first-order valence-electron chi connectivity index (χ1n) is 18.0. The Balaban J connectivity index is 1.30. The lowest BCUT2D eigenvalue weighted by molar-refractivity contribution is 1.60. The van der Waals surface area contributed by atoms with Crippen LogP contribution >= 0.6 is 0 Å². The van der Waals surface area contributed by atoms with Crippen molar-refractivity contribution in [1.82, 2.24) is 0 Å². The first-order valence-corrected chi connectivity index (χ1v) is 18.0. The van der Waals surface area contributed by atoms with E-state index >= 15 is 0 Å². The summed E-state index contributed by atoms with van der Waals surface area (Å²) >= 11 is 0. The Labute approximate surface area is 303 Å². The van der Waals surface area contributed by atoms with E-state index < -0.39 is 0 Å². The predicted octanol–water partition coefficient (Wildman–Crippen LogP) is 14.6. The largest absolute Gasteiger partial charge is 0.0622 e. The van der Waals surface area contributed by atoms with Crippen LogP contribution in [0, 0.1) is 0 Å². The molecule has 0 spiro atoms. The van der Waals surface area contributed by atoms with Gasteiger partial charge in [0.15, 0.2) is 0 Å². The third-order valence-corrected chi connectivity index (χ3v) is 10.7. The highest BCUT2D eigenvalue weighted by atomic mass is 14.2. The highest BCUT2D eigenvalue weighted by molar-refractivity contribution is 6.25. The van der Waals surface area contributed by atoms with Crippen molar-refractivity contribution in [2.75, 3.05) is 0 Å². The van der Waals surface area contributed by atoms with E-state index in [0.29, 0.717) is 0 Å². The average Bonchev–Trinajstić information content (AvgIpc) is 3.22. The summed E-state index contributed by atoms with van der Waals surface area (Å²) < 4.78 is 0. The molecule has 0 aromatic heterocycles. The van der Waals surface area contributed by atoms with Crippen LogP contribution in [0.15, 0.2) is 206 Å². The van der Waals surface area contributed by atoms with Gasteiger partial charge in [-0.1, -0.05) is 200 Å². The van der Waals surface area contributed by atoms with Gasteiger partial charge in [0, 0.05) is 0 Å². The molecule has 0 N–H and O–H groups in total. The van der Waals surface area contributed by atoms with Gasteiger partial charge in [0.1, 0.15) is 0 Å². The zero-order valence-corrected chi connectivity index (χ0v) is 28.6. The maximum atomic E-state index is 2.43. The fourth-order valence-electron chi connectivity index (χ4n) is 8.26. The molecule has 0 bridgehead atoms. The van der Waals surface area contributed by atoms with Gasteiger partial charge in [0.25, 0.3) is 0 Å². The van der Waals surface area contributed by atoms with Gasteiger partial charge in [-0.15, -0.1) is 0 Å². The summed E-state index contributed by atoms with van der Waals surface area (Å²) in [7, 11) is 0. The second-order valence-electron chi connectivity index (χ2n) is 13.6. The van der Waals surface area contributed by atoms with Crippen LogP contribution in [0.4, 0.5) is 0 Å². The number of hydrogen-bond donors (Lipinski definition) is 0. The molecule has 10 aromatic rings. The van der Waals surface area contributed by atoms with Crippen molar-refractivity contribution < 1.29 is 0 Å². The lowest BCUT2D eigenvalue weighted by Gasteiger charge is -2.21. The SMILES string of the molecule is c1ccc(-c2ccc(-c3ccc4c(-c5cccc6ccccc56)c5ccccc5c(-c5ccccc5-c5cccc6ccccc56)c4c3)cc2)cc1. The number of rotatable bonds is 5. The van der Waals surface area contributed by atoms with Gasteiger partial charge in [-0.25, -0.2) is 0 Å². The van der Waals surface area contributed by atoms with Crippen LogP contribution in [-0.2, 0) is 0 Å². The Morgan fingerprint density at radius 1 is 0.192 bits per heavy atom. The van der Waals surface area contributed by atoms with Gasteiger partial charge < -0.3 is 0 Å². The van der Waals surface area contributed by atoms with E-state index in [1.807, 2.05) is 0 Å². The van der Waals surface area contributed by atoms with E-state index in [0.717, 1.165) is 0 Å². The molecular weight excluding hydrogens is 625 g/mol. The van der Waals surface area contributed by atoms with Crippen molar-refractivity contribution in [3.8, 4) is 55.6 Å². The second kappa shape index (κ2) is 12.5. The summed E-state index contributed by atoms with van der Waals surface area (Å²) in [6, 6.07) is 75.6. The molecule has 0 saturated heterocycles. The van der Waals surface area contributed by atoms with Crippen molar-refractivity contribution in [3.63, 3.8) is 0 Å². The van der Waals surface area contributed by atoms with Gasteiger partial charge in [-0.2, -0.15) is 0 Å². The number of fused-ring (bicyclic) bond motifs is 4. The summed E-state index contributed by atoms with van der Waals surface area (Å²) in [5, 5.41) is 10.0. The van der Waals surface area contributed by atoms with Gasteiger partial charge in [0.2, 0.25) is 0 Å². The minimum Gasteiger partial charge on any atom is -0.0622 e. The zero-order valence-electron chi connectivity index (χ0n) is 28.6. The molecule has 0 aliphatic heterocycles. The third-order valence-electron chi connectivity index (χ3n) is 10.7. The predicted molar refractivity (Wildman–Crippen MR) is 224 cm³/mol. The molecule has 0 aliphatic carbocycles. The number of benzene rings is 10.